The van der Waals surface area contributed by atoms with Crippen molar-refractivity contribution in [1.29, 1.82) is 0 Å². The molecule has 0 atom stereocenters. The van der Waals surface area contributed by atoms with E-state index >= 15 is 0 Å². The van der Waals surface area contributed by atoms with Gasteiger partial charge in [-0.2, -0.15) is 0 Å². The van der Waals surface area contributed by atoms with Crippen LogP contribution < -0.4 is 19.0 Å². The molecule has 2 aliphatic heterocycles. The maximum atomic E-state index is 11.9. The van der Waals surface area contributed by atoms with Gasteiger partial charge < -0.3 is 15.3 Å². The van der Waals surface area contributed by atoms with Crippen LogP contribution in [-0.2, 0) is 25.9 Å². The molecule has 7 aromatic rings. The molecule has 8 heterocycles. The number of carbonyl (C=O) groups is 1. The van der Waals surface area contributed by atoms with Crippen LogP contribution in [0, 0.1) is 0 Å². The Labute approximate surface area is 318 Å². The molecule has 1 aromatic carbocycles. The summed E-state index contributed by atoms with van der Waals surface area (Å²) in [6.45, 7) is 1.51. The highest BCUT2D eigenvalue weighted by Gasteiger charge is 2.21. The van der Waals surface area contributed by atoms with Gasteiger partial charge in [-0.25, -0.2) is 23.7 Å². The topological polar surface area (TPSA) is 98.1 Å². The highest BCUT2D eigenvalue weighted by Crippen LogP contribution is 2.38. The Kier molecular flexibility index (Phi) is 8.31. The van der Waals surface area contributed by atoms with Crippen molar-refractivity contribution >= 4 is 58.0 Å². The number of hydrogen-bond donors (Lipinski definition) is 3. The Bertz CT molecular complexity index is 2870. The molecular formula is C46H39N8O+3. The van der Waals surface area contributed by atoms with Crippen molar-refractivity contribution < 1.29 is 18.5 Å². The zero-order valence-corrected chi connectivity index (χ0v) is 31.0. The van der Waals surface area contributed by atoms with Crippen molar-refractivity contribution in [2.75, 3.05) is 5.32 Å². The molecule has 0 fully saturated rings. The van der Waals surface area contributed by atoms with Crippen molar-refractivity contribution in [2.45, 2.75) is 6.92 Å². The van der Waals surface area contributed by atoms with Gasteiger partial charge in [-0.1, -0.05) is 12.1 Å². The Balaban J connectivity index is 1.45. The molecule has 0 radical (unpaired) electrons. The number of fused-ring (bicyclic) bond motifs is 8. The molecule has 9 rings (SSSR count). The van der Waals surface area contributed by atoms with E-state index in [-0.39, 0.29) is 5.91 Å². The Morgan fingerprint density at radius 3 is 1.16 bits per heavy atom. The first-order valence-electron chi connectivity index (χ1n) is 18.2. The molecule has 0 spiro atoms. The van der Waals surface area contributed by atoms with Crippen molar-refractivity contribution in [2.24, 2.45) is 21.1 Å². The fourth-order valence-electron chi connectivity index (χ4n) is 7.55. The minimum atomic E-state index is -0.115. The third-order valence-electron chi connectivity index (χ3n) is 9.93. The predicted molar refractivity (Wildman–Crippen MR) is 218 cm³/mol. The Morgan fingerprint density at radius 2 is 0.836 bits per heavy atom. The number of H-pyrrole nitrogens is 2. The standard InChI is InChI=1S/C46H38N8O/c1-29(55)47-34-13-11-30(12-14-34)43-35-15-17-37(48-35)44(31-8-5-23-52(2)26-31)39-19-21-41(50-39)46(33-10-7-25-54(4)28-33)42-22-20-40(51-42)45(38-18-16-36(43)49-38)32-9-6-24-53(3)27-32/h5-28H,1-4H3,(H2-,47,48,49,50,51,55)/q+2/p+1. The number of aryl methyl sites for hydroxylation is 3. The van der Waals surface area contributed by atoms with Crippen molar-refractivity contribution in [3.8, 4) is 44.5 Å². The summed E-state index contributed by atoms with van der Waals surface area (Å²) >= 11 is 0. The number of aromatic nitrogens is 7. The molecule has 0 unspecified atom stereocenters. The molecule has 1 amide bonds. The number of anilines is 1. The van der Waals surface area contributed by atoms with Gasteiger partial charge in [0.05, 0.1) is 22.8 Å². The van der Waals surface area contributed by atoms with Gasteiger partial charge >= 0.3 is 0 Å². The summed E-state index contributed by atoms with van der Waals surface area (Å²) < 4.78 is 6.18. The number of rotatable bonds is 5. The third kappa shape index (κ3) is 6.42. The number of carbonyl (C=O) groups excluding carboxylic acids is 1. The number of nitrogens with zero attached hydrogens (tertiary/aromatic N) is 5. The lowest BCUT2D eigenvalue weighted by Gasteiger charge is -2.07. The molecular weight excluding hydrogens is 681 g/mol. The molecule has 2 aliphatic rings. The van der Waals surface area contributed by atoms with E-state index in [9.17, 15) is 4.79 Å². The second kappa shape index (κ2) is 13.6. The average Bonchev–Trinajstić information content (AvgIpc) is 4.00. The number of pyridine rings is 3. The fourth-order valence-corrected chi connectivity index (χ4v) is 7.55. The predicted octanol–water partition coefficient (Wildman–Crippen LogP) is 7.76. The van der Waals surface area contributed by atoms with Gasteiger partial charge in [0, 0.05) is 91.8 Å². The fraction of sp³-hybridized carbons (Fsp3) is 0.0870. The van der Waals surface area contributed by atoms with Crippen molar-refractivity contribution in [3.05, 3.63) is 145 Å². The molecule has 0 saturated carbocycles. The van der Waals surface area contributed by atoms with Crippen LogP contribution in [0.5, 0.6) is 0 Å². The minimum absolute atomic E-state index is 0.115. The summed E-state index contributed by atoms with van der Waals surface area (Å²) in [5, 5.41) is 2.89. The van der Waals surface area contributed by atoms with Crippen LogP contribution >= 0.6 is 0 Å². The number of nitrogens with one attached hydrogen (secondary N) is 3. The normalized spacial score (nSPS) is 11.9. The van der Waals surface area contributed by atoms with Crippen LogP contribution in [-0.4, -0.2) is 25.8 Å². The Morgan fingerprint density at radius 1 is 0.491 bits per heavy atom. The van der Waals surface area contributed by atoms with Gasteiger partial charge in [-0.15, -0.1) is 0 Å². The largest absolute Gasteiger partial charge is 0.354 e. The first kappa shape index (κ1) is 33.6. The lowest BCUT2D eigenvalue weighted by atomic mass is 10.0. The van der Waals surface area contributed by atoms with E-state index in [0.29, 0.717) is 0 Å². The first-order chi connectivity index (χ1) is 26.8. The van der Waals surface area contributed by atoms with Gasteiger partial charge in [-0.05, 0) is 84.5 Å². The molecule has 0 aliphatic carbocycles. The first-order valence-corrected chi connectivity index (χ1v) is 18.2. The highest BCUT2D eigenvalue weighted by atomic mass is 16.1. The summed E-state index contributed by atoms with van der Waals surface area (Å²) in [6, 6.07) is 29.0. The summed E-state index contributed by atoms with van der Waals surface area (Å²) in [4.78, 5) is 30.3. The second-order valence-electron chi connectivity index (χ2n) is 14.0. The van der Waals surface area contributed by atoms with Crippen LogP contribution in [0.2, 0.25) is 0 Å². The quantitative estimate of drug-likeness (QED) is 0.159. The minimum Gasteiger partial charge on any atom is -0.354 e. The van der Waals surface area contributed by atoms with E-state index in [0.717, 1.165) is 95.0 Å². The maximum Gasteiger partial charge on any atom is 0.221 e. The lowest BCUT2D eigenvalue weighted by Crippen LogP contribution is -2.26. The second-order valence-corrected chi connectivity index (χ2v) is 14.0. The molecule has 0 saturated heterocycles. The lowest BCUT2D eigenvalue weighted by molar-refractivity contribution is -0.671. The van der Waals surface area contributed by atoms with E-state index in [1.807, 2.05) is 64.0 Å². The van der Waals surface area contributed by atoms with Crippen LogP contribution in [0.4, 0.5) is 5.69 Å². The Hall–Kier alpha value is -7.26. The van der Waals surface area contributed by atoms with Crippen molar-refractivity contribution in [1.82, 2.24) is 19.9 Å². The van der Waals surface area contributed by atoms with Gasteiger partial charge in [0.15, 0.2) is 37.2 Å². The SMILES string of the molecule is CC(=O)Nc1ccc(-c2c3nc(c(-c4ccc[n+](C)c4)c4ccc([nH]4)c(-c4ccc[n+](C)c4)c4nc(c(-c5ccc[n+](C)c5)c5ccc2[nH]5)C=C4)C=C3)cc1. The van der Waals surface area contributed by atoms with E-state index in [1.54, 1.807) is 0 Å². The average molecular weight is 720 g/mol. The summed E-state index contributed by atoms with van der Waals surface area (Å²) in [5.41, 5.74) is 15.8. The molecule has 266 valence electrons. The molecule has 3 N–H and O–H groups in total. The maximum absolute atomic E-state index is 11.9. The monoisotopic (exact) mass is 719 g/mol. The number of hydrogen-bond acceptors (Lipinski definition) is 3. The summed E-state index contributed by atoms with van der Waals surface area (Å²) in [5.74, 6) is -0.115. The highest BCUT2D eigenvalue weighted by molar-refractivity contribution is 5.99. The van der Waals surface area contributed by atoms with Crippen molar-refractivity contribution in [3.63, 3.8) is 0 Å². The summed E-state index contributed by atoms with van der Waals surface area (Å²) in [6.07, 6.45) is 20.9. The van der Waals surface area contributed by atoms with Crippen LogP contribution in [0.1, 0.15) is 29.7 Å². The van der Waals surface area contributed by atoms with Crippen LogP contribution in [0.15, 0.2) is 122 Å². The van der Waals surface area contributed by atoms with Gasteiger partial charge in [0.1, 0.15) is 21.1 Å². The van der Waals surface area contributed by atoms with Gasteiger partial charge in [-0.3, -0.25) is 4.79 Å². The van der Waals surface area contributed by atoms with E-state index < -0.39 is 0 Å². The van der Waals surface area contributed by atoms with Crippen LogP contribution in [0.3, 0.4) is 0 Å². The molecule has 8 bridgehead atoms. The third-order valence-corrected chi connectivity index (χ3v) is 9.93. The van der Waals surface area contributed by atoms with Crippen LogP contribution in [0.25, 0.3) is 90.9 Å². The summed E-state index contributed by atoms with van der Waals surface area (Å²) in [7, 11) is 6.10. The van der Waals surface area contributed by atoms with E-state index in [4.69, 9.17) is 9.97 Å². The molecule has 9 heteroatoms. The number of amides is 1. The van der Waals surface area contributed by atoms with Gasteiger partial charge in [0.25, 0.3) is 0 Å². The molecule has 9 nitrogen and oxygen atoms in total. The molecule has 6 aromatic heterocycles. The van der Waals surface area contributed by atoms with E-state index in [1.165, 1.54) is 6.92 Å². The van der Waals surface area contributed by atoms with Gasteiger partial charge in [0.2, 0.25) is 5.91 Å². The smallest absolute Gasteiger partial charge is 0.221 e. The zero-order chi connectivity index (χ0) is 37.6. The van der Waals surface area contributed by atoms with E-state index in [2.05, 4.69) is 133 Å². The zero-order valence-electron chi connectivity index (χ0n) is 31.0. The number of aromatic amines is 2. The molecule has 55 heavy (non-hydrogen) atoms. The number of benzene rings is 1.